The van der Waals surface area contributed by atoms with Crippen LogP contribution in [-0.2, 0) is 24.0 Å². The predicted molar refractivity (Wildman–Crippen MR) is 89.5 cm³/mol. The van der Waals surface area contributed by atoms with Gasteiger partial charge < -0.3 is 36.6 Å². The average Bonchev–Trinajstić information content (AvgIpc) is 3.15. The fraction of sp³-hybridized carbons (Fsp3) is 0.667. The fourth-order valence-electron chi connectivity index (χ4n) is 2.44. The molecule has 0 saturated carbocycles. The van der Waals surface area contributed by atoms with Gasteiger partial charge in [-0.2, -0.15) is 0 Å². The summed E-state index contributed by atoms with van der Waals surface area (Å²) in [5, 5.41) is 36.4. The van der Waals surface area contributed by atoms with Crippen molar-refractivity contribution in [2.45, 2.75) is 43.8 Å². The van der Waals surface area contributed by atoms with Gasteiger partial charge in [0.1, 0.15) is 12.1 Å². The Morgan fingerprint density at radius 3 is 2.30 bits per heavy atom. The van der Waals surface area contributed by atoms with E-state index in [1.165, 1.54) is 0 Å². The lowest BCUT2D eigenvalue weighted by Gasteiger charge is -2.19. The van der Waals surface area contributed by atoms with E-state index in [2.05, 4.69) is 21.3 Å². The van der Waals surface area contributed by atoms with E-state index in [1.54, 1.807) is 0 Å². The topological polar surface area (TPSA) is 194 Å². The van der Waals surface area contributed by atoms with Gasteiger partial charge in [-0.1, -0.05) is 0 Å². The predicted octanol–water partition coefficient (Wildman–Crippen LogP) is -3.23. The lowest BCUT2D eigenvalue weighted by atomic mass is 10.1. The van der Waals surface area contributed by atoms with Crippen molar-refractivity contribution in [2.75, 3.05) is 19.7 Å². The van der Waals surface area contributed by atoms with Crippen LogP contribution >= 0.6 is 0 Å². The lowest BCUT2D eigenvalue weighted by molar-refractivity contribution is -0.143. The van der Waals surface area contributed by atoms with E-state index in [4.69, 9.17) is 10.2 Å². The first-order chi connectivity index (χ1) is 12.7. The van der Waals surface area contributed by atoms with Gasteiger partial charge in [0.15, 0.2) is 0 Å². The normalized spacial score (nSPS) is 18.2. The van der Waals surface area contributed by atoms with Crippen molar-refractivity contribution < 1.29 is 39.3 Å². The summed E-state index contributed by atoms with van der Waals surface area (Å²) in [6, 6.07) is -3.11. The number of rotatable bonds is 11. The van der Waals surface area contributed by atoms with Crippen molar-refractivity contribution in [1.82, 2.24) is 21.3 Å². The molecule has 1 fully saturated rings. The molecule has 12 nitrogen and oxygen atoms in total. The fourth-order valence-corrected chi connectivity index (χ4v) is 2.44. The second kappa shape index (κ2) is 11.1. The second-order valence-electron chi connectivity index (χ2n) is 6.00. The van der Waals surface area contributed by atoms with Crippen LogP contribution in [0, 0.1) is 0 Å². The van der Waals surface area contributed by atoms with Gasteiger partial charge in [-0.3, -0.25) is 19.2 Å². The van der Waals surface area contributed by atoms with E-state index in [1.807, 2.05) is 0 Å². The summed E-state index contributed by atoms with van der Waals surface area (Å²) in [5.41, 5.74) is 0. The first-order valence-corrected chi connectivity index (χ1v) is 8.41. The minimum absolute atomic E-state index is 0.311. The van der Waals surface area contributed by atoms with Crippen LogP contribution in [0.3, 0.4) is 0 Å². The third-order valence-electron chi connectivity index (χ3n) is 3.90. The van der Waals surface area contributed by atoms with Crippen LogP contribution in [-0.4, -0.2) is 82.8 Å². The third-order valence-corrected chi connectivity index (χ3v) is 3.90. The Hall–Kier alpha value is -2.73. The van der Waals surface area contributed by atoms with Crippen molar-refractivity contribution in [1.29, 1.82) is 0 Å². The molecule has 1 aliphatic heterocycles. The number of hydrogen-bond acceptors (Lipinski definition) is 7. The molecule has 0 radical (unpaired) electrons. The molecule has 1 rings (SSSR count). The van der Waals surface area contributed by atoms with Crippen LogP contribution < -0.4 is 21.3 Å². The molecule has 12 heteroatoms. The smallest absolute Gasteiger partial charge is 0.326 e. The molecule has 27 heavy (non-hydrogen) atoms. The molecular weight excluding hydrogens is 364 g/mol. The molecule has 0 spiro atoms. The number of carboxylic acid groups (broad SMARTS) is 2. The average molecular weight is 388 g/mol. The Kier molecular flexibility index (Phi) is 9.16. The first-order valence-electron chi connectivity index (χ1n) is 8.41. The van der Waals surface area contributed by atoms with E-state index < -0.39 is 67.4 Å². The largest absolute Gasteiger partial charge is 0.481 e. The number of amides is 3. The van der Waals surface area contributed by atoms with Crippen LogP contribution in [0.15, 0.2) is 0 Å². The molecule has 0 aromatic carbocycles. The maximum Gasteiger partial charge on any atom is 0.326 e. The Bertz CT molecular complexity index is 576. The molecule has 7 N–H and O–H groups in total. The zero-order chi connectivity index (χ0) is 20.4. The molecule has 0 bridgehead atoms. The Morgan fingerprint density at radius 2 is 1.78 bits per heavy atom. The summed E-state index contributed by atoms with van der Waals surface area (Å²) < 4.78 is 0. The van der Waals surface area contributed by atoms with E-state index in [0.717, 1.165) is 6.42 Å². The van der Waals surface area contributed by atoms with Crippen LogP contribution in [0.2, 0.25) is 0 Å². The molecule has 1 saturated heterocycles. The molecular formula is C15H24N4O8. The number of carbonyl (C=O) groups is 5. The number of hydrogen-bond donors (Lipinski definition) is 7. The molecule has 1 aliphatic rings. The Morgan fingerprint density at radius 1 is 1.07 bits per heavy atom. The van der Waals surface area contributed by atoms with Crippen molar-refractivity contribution in [3.05, 3.63) is 0 Å². The van der Waals surface area contributed by atoms with Gasteiger partial charge in [-0.05, 0) is 25.8 Å². The van der Waals surface area contributed by atoms with E-state index >= 15 is 0 Å². The number of aliphatic carboxylic acids is 2. The van der Waals surface area contributed by atoms with Crippen molar-refractivity contribution in [2.24, 2.45) is 0 Å². The van der Waals surface area contributed by atoms with Gasteiger partial charge >= 0.3 is 11.9 Å². The summed E-state index contributed by atoms with van der Waals surface area (Å²) in [5.74, 6) is -4.70. The minimum atomic E-state index is -1.41. The van der Waals surface area contributed by atoms with Gasteiger partial charge in [0.2, 0.25) is 17.7 Å². The minimum Gasteiger partial charge on any atom is -0.481 e. The standard InChI is InChI=1S/C15H24N4O8/c20-7-10(19-14(25)8-2-1-5-16-8)13(24)17-6-11(21)18-9(15(26)27)3-4-12(22)23/h8-10,16,20H,1-7H2,(H,17,24)(H,18,21)(H,19,25)(H,22,23)(H,26,27). The maximum absolute atomic E-state index is 12.0. The molecule has 3 unspecified atom stereocenters. The van der Waals surface area contributed by atoms with Crippen molar-refractivity contribution >= 4 is 29.7 Å². The maximum atomic E-state index is 12.0. The van der Waals surface area contributed by atoms with E-state index in [9.17, 15) is 29.1 Å². The van der Waals surface area contributed by atoms with Crippen LogP contribution in [0.25, 0.3) is 0 Å². The van der Waals surface area contributed by atoms with E-state index in [-0.39, 0.29) is 6.42 Å². The highest BCUT2D eigenvalue weighted by Crippen LogP contribution is 2.05. The molecule has 0 aromatic heterocycles. The molecule has 3 amide bonds. The van der Waals surface area contributed by atoms with Gasteiger partial charge in [-0.25, -0.2) is 4.79 Å². The summed E-state index contributed by atoms with van der Waals surface area (Å²) in [6.07, 6.45) is 0.674. The highest BCUT2D eigenvalue weighted by molar-refractivity contribution is 5.92. The quantitative estimate of drug-likeness (QED) is 0.190. The number of aliphatic hydroxyl groups excluding tert-OH is 1. The second-order valence-corrected chi connectivity index (χ2v) is 6.00. The highest BCUT2D eigenvalue weighted by atomic mass is 16.4. The summed E-state index contributed by atoms with van der Waals surface area (Å²) in [4.78, 5) is 57.2. The number of aliphatic hydroxyl groups is 1. The van der Waals surface area contributed by atoms with E-state index in [0.29, 0.717) is 13.0 Å². The Labute approximate surface area is 154 Å². The van der Waals surface area contributed by atoms with Gasteiger partial charge in [0.05, 0.1) is 19.2 Å². The first kappa shape index (κ1) is 22.3. The zero-order valence-corrected chi connectivity index (χ0v) is 14.6. The number of carboxylic acids is 2. The Balaban J connectivity index is 2.44. The third kappa shape index (κ3) is 8.00. The van der Waals surface area contributed by atoms with Gasteiger partial charge in [0, 0.05) is 6.42 Å². The molecule has 3 atom stereocenters. The van der Waals surface area contributed by atoms with Crippen LogP contribution in [0.5, 0.6) is 0 Å². The molecule has 0 aliphatic carbocycles. The summed E-state index contributed by atoms with van der Waals surface area (Å²) >= 11 is 0. The number of carbonyl (C=O) groups excluding carboxylic acids is 3. The summed E-state index contributed by atoms with van der Waals surface area (Å²) in [7, 11) is 0. The van der Waals surface area contributed by atoms with Crippen LogP contribution in [0.1, 0.15) is 25.7 Å². The molecule has 152 valence electrons. The summed E-state index contributed by atoms with van der Waals surface area (Å²) in [6.45, 7) is -0.590. The van der Waals surface area contributed by atoms with Crippen LogP contribution in [0.4, 0.5) is 0 Å². The van der Waals surface area contributed by atoms with Gasteiger partial charge in [0.25, 0.3) is 0 Å². The van der Waals surface area contributed by atoms with Gasteiger partial charge in [-0.15, -0.1) is 0 Å². The SMILES string of the molecule is O=C(O)CCC(NC(=O)CNC(=O)C(CO)NC(=O)C1CCCN1)C(=O)O. The molecule has 1 heterocycles. The molecule has 0 aromatic rings. The van der Waals surface area contributed by atoms with Crippen molar-refractivity contribution in [3.63, 3.8) is 0 Å². The number of nitrogens with one attached hydrogen (secondary N) is 4. The zero-order valence-electron chi connectivity index (χ0n) is 14.6. The highest BCUT2D eigenvalue weighted by Gasteiger charge is 2.27. The monoisotopic (exact) mass is 388 g/mol. The van der Waals surface area contributed by atoms with Crippen molar-refractivity contribution in [3.8, 4) is 0 Å². The lowest BCUT2D eigenvalue weighted by Crippen LogP contribution is -2.54.